The van der Waals surface area contributed by atoms with Crippen LogP contribution in [-0.4, -0.2) is 35.6 Å². The van der Waals surface area contributed by atoms with Crippen LogP contribution in [0.4, 0.5) is 5.82 Å². The Labute approximate surface area is 88.6 Å². The third-order valence-electron chi connectivity index (χ3n) is 2.79. The van der Waals surface area contributed by atoms with Crippen LogP contribution in [0.3, 0.4) is 0 Å². The minimum atomic E-state index is 0.164. The number of aromatic nitrogens is 1. The van der Waals surface area contributed by atoms with Gasteiger partial charge in [-0.3, -0.25) is 4.79 Å². The molecule has 1 aliphatic rings. The molecular weight excluding hydrogens is 192 g/mol. The number of rotatable bonds is 3. The van der Waals surface area contributed by atoms with Gasteiger partial charge in [0.1, 0.15) is 5.82 Å². The highest BCUT2D eigenvalue weighted by Crippen LogP contribution is 2.23. The van der Waals surface area contributed by atoms with E-state index in [1.54, 1.807) is 12.3 Å². The first-order chi connectivity index (χ1) is 7.35. The van der Waals surface area contributed by atoms with Crippen LogP contribution < -0.4 is 4.90 Å². The van der Waals surface area contributed by atoms with E-state index in [-0.39, 0.29) is 12.6 Å². The molecule has 1 unspecified atom stereocenters. The van der Waals surface area contributed by atoms with Crippen LogP contribution in [0.15, 0.2) is 18.3 Å². The van der Waals surface area contributed by atoms with Crippen molar-refractivity contribution in [2.24, 2.45) is 0 Å². The summed E-state index contributed by atoms with van der Waals surface area (Å²) in [4.78, 5) is 16.8. The number of nitrogens with zero attached hydrogens (tertiary/aromatic N) is 2. The van der Waals surface area contributed by atoms with Gasteiger partial charge in [0.05, 0.1) is 12.6 Å². The van der Waals surface area contributed by atoms with E-state index >= 15 is 0 Å². The summed E-state index contributed by atoms with van der Waals surface area (Å²) in [5.74, 6) is 0.845. The van der Waals surface area contributed by atoms with Crippen LogP contribution in [0, 0.1) is 0 Å². The molecule has 2 rings (SSSR count). The molecule has 0 aliphatic carbocycles. The van der Waals surface area contributed by atoms with Gasteiger partial charge in [-0.05, 0) is 25.0 Å². The number of hydrogen-bond donors (Lipinski definition) is 1. The first-order valence-corrected chi connectivity index (χ1v) is 5.14. The highest BCUT2D eigenvalue weighted by molar-refractivity contribution is 5.74. The van der Waals surface area contributed by atoms with Crippen molar-refractivity contribution >= 4 is 12.1 Å². The van der Waals surface area contributed by atoms with Crippen LogP contribution in [0.5, 0.6) is 0 Å². The zero-order valence-corrected chi connectivity index (χ0v) is 8.47. The summed E-state index contributed by atoms with van der Waals surface area (Å²) >= 11 is 0. The number of carbonyl (C=O) groups excluding carboxylic acids is 1. The monoisotopic (exact) mass is 206 g/mol. The quantitative estimate of drug-likeness (QED) is 0.745. The topological polar surface area (TPSA) is 53.4 Å². The molecule has 1 aliphatic heterocycles. The second-order valence-electron chi connectivity index (χ2n) is 3.74. The standard InChI is InChI=1S/C11H14N2O2/c14-7-9-3-4-11(12-6-9)13-5-1-2-10(13)8-15/h3-4,6-7,10,15H,1-2,5,8H2. The smallest absolute Gasteiger partial charge is 0.151 e. The van der Waals surface area contributed by atoms with Crippen LogP contribution in [-0.2, 0) is 0 Å². The van der Waals surface area contributed by atoms with Crippen LogP contribution >= 0.6 is 0 Å². The van der Waals surface area contributed by atoms with Gasteiger partial charge in [0, 0.05) is 18.3 Å². The van der Waals surface area contributed by atoms with Gasteiger partial charge in [-0.25, -0.2) is 4.98 Å². The summed E-state index contributed by atoms with van der Waals surface area (Å²) in [5, 5.41) is 9.17. The summed E-state index contributed by atoms with van der Waals surface area (Å²) in [6.07, 6.45) is 4.44. The molecule has 0 bridgehead atoms. The number of aldehydes is 1. The van der Waals surface area contributed by atoms with Gasteiger partial charge >= 0.3 is 0 Å². The van der Waals surface area contributed by atoms with Crippen molar-refractivity contribution in [2.75, 3.05) is 18.1 Å². The van der Waals surface area contributed by atoms with Crippen LogP contribution in [0.2, 0.25) is 0 Å². The summed E-state index contributed by atoms with van der Waals surface area (Å²) < 4.78 is 0. The van der Waals surface area contributed by atoms with Gasteiger partial charge in [-0.1, -0.05) is 0 Å². The Morgan fingerprint density at radius 3 is 3.07 bits per heavy atom. The molecule has 1 N–H and O–H groups in total. The van der Waals surface area contributed by atoms with Crippen molar-refractivity contribution in [3.63, 3.8) is 0 Å². The Hall–Kier alpha value is -1.42. The molecule has 1 saturated heterocycles. The molecule has 0 aromatic carbocycles. The number of hydrogen-bond acceptors (Lipinski definition) is 4. The molecule has 4 nitrogen and oxygen atoms in total. The molecule has 1 fully saturated rings. The van der Waals surface area contributed by atoms with Gasteiger partial charge < -0.3 is 10.0 Å². The molecule has 80 valence electrons. The van der Waals surface area contributed by atoms with E-state index in [1.807, 2.05) is 6.07 Å². The Morgan fingerprint density at radius 2 is 2.47 bits per heavy atom. The fourth-order valence-corrected chi connectivity index (χ4v) is 1.96. The Kier molecular flexibility index (Phi) is 2.97. The summed E-state index contributed by atoms with van der Waals surface area (Å²) in [6.45, 7) is 1.09. The second-order valence-corrected chi connectivity index (χ2v) is 3.74. The maximum absolute atomic E-state index is 10.5. The van der Waals surface area contributed by atoms with Crippen LogP contribution in [0.1, 0.15) is 23.2 Å². The van der Waals surface area contributed by atoms with Crippen molar-refractivity contribution in [3.8, 4) is 0 Å². The lowest BCUT2D eigenvalue weighted by Gasteiger charge is -2.23. The molecule has 0 amide bonds. The minimum Gasteiger partial charge on any atom is -0.394 e. The summed E-state index contributed by atoms with van der Waals surface area (Å²) in [6, 6.07) is 3.76. The summed E-state index contributed by atoms with van der Waals surface area (Å²) in [7, 11) is 0. The summed E-state index contributed by atoms with van der Waals surface area (Å²) in [5.41, 5.74) is 0.582. The first kappa shape index (κ1) is 10.1. The third kappa shape index (κ3) is 1.99. The number of aliphatic hydroxyl groups excluding tert-OH is 1. The van der Waals surface area contributed by atoms with E-state index in [0.29, 0.717) is 5.56 Å². The van der Waals surface area contributed by atoms with Crippen molar-refractivity contribution in [3.05, 3.63) is 23.9 Å². The molecule has 0 spiro atoms. The average Bonchev–Trinajstić information content (AvgIpc) is 2.77. The lowest BCUT2D eigenvalue weighted by molar-refractivity contribution is 0.112. The molecule has 2 heterocycles. The number of pyridine rings is 1. The van der Waals surface area contributed by atoms with Crippen LogP contribution in [0.25, 0.3) is 0 Å². The normalized spacial score (nSPS) is 20.6. The minimum absolute atomic E-state index is 0.164. The Bertz CT molecular complexity index is 337. The van der Waals surface area contributed by atoms with E-state index in [9.17, 15) is 9.90 Å². The van der Waals surface area contributed by atoms with E-state index < -0.39 is 0 Å². The highest BCUT2D eigenvalue weighted by Gasteiger charge is 2.24. The Balaban J connectivity index is 2.17. The van der Waals surface area contributed by atoms with Gasteiger partial charge in [0.15, 0.2) is 6.29 Å². The Morgan fingerprint density at radius 1 is 1.60 bits per heavy atom. The molecular formula is C11H14N2O2. The average molecular weight is 206 g/mol. The predicted octanol–water partition coefficient (Wildman–Crippen LogP) is 0.855. The van der Waals surface area contributed by atoms with Gasteiger partial charge in [-0.15, -0.1) is 0 Å². The highest BCUT2D eigenvalue weighted by atomic mass is 16.3. The van der Waals surface area contributed by atoms with Gasteiger partial charge in [0.25, 0.3) is 0 Å². The lowest BCUT2D eigenvalue weighted by Crippen LogP contribution is -2.32. The lowest BCUT2D eigenvalue weighted by atomic mass is 10.2. The van der Waals surface area contributed by atoms with Crippen molar-refractivity contribution in [2.45, 2.75) is 18.9 Å². The van der Waals surface area contributed by atoms with Gasteiger partial charge in [-0.2, -0.15) is 0 Å². The molecule has 1 aromatic heterocycles. The zero-order chi connectivity index (χ0) is 10.7. The maximum Gasteiger partial charge on any atom is 0.151 e. The second kappa shape index (κ2) is 4.40. The third-order valence-corrected chi connectivity index (χ3v) is 2.79. The zero-order valence-electron chi connectivity index (χ0n) is 8.47. The molecule has 0 radical (unpaired) electrons. The number of carbonyl (C=O) groups is 1. The van der Waals surface area contributed by atoms with E-state index in [2.05, 4.69) is 9.88 Å². The molecule has 0 saturated carbocycles. The van der Waals surface area contributed by atoms with Gasteiger partial charge in [0.2, 0.25) is 0 Å². The van der Waals surface area contributed by atoms with E-state index in [1.165, 1.54) is 0 Å². The van der Waals surface area contributed by atoms with E-state index in [4.69, 9.17) is 0 Å². The molecule has 1 atom stereocenters. The van der Waals surface area contributed by atoms with Crippen molar-refractivity contribution in [1.82, 2.24) is 4.98 Å². The number of aliphatic hydroxyl groups is 1. The fourth-order valence-electron chi connectivity index (χ4n) is 1.96. The molecule has 4 heteroatoms. The van der Waals surface area contributed by atoms with E-state index in [0.717, 1.165) is 31.5 Å². The van der Waals surface area contributed by atoms with Crippen molar-refractivity contribution in [1.29, 1.82) is 0 Å². The first-order valence-electron chi connectivity index (χ1n) is 5.14. The molecule has 1 aromatic rings. The SMILES string of the molecule is O=Cc1ccc(N2CCCC2CO)nc1. The largest absolute Gasteiger partial charge is 0.394 e. The predicted molar refractivity (Wildman–Crippen MR) is 57.1 cm³/mol. The fraction of sp³-hybridized carbons (Fsp3) is 0.455. The number of anilines is 1. The molecule has 15 heavy (non-hydrogen) atoms. The maximum atomic E-state index is 10.5. The van der Waals surface area contributed by atoms with Crippen molar-refractivity contribution < 1.29 is 9.90 Å².